The Hall–Kier alpha value is -6.33. The molecule has 0 spiro atoms. The van der Waals surface area contributed by atoms with Gasteiger partial charge in [0.25, 0.3) is 20.0 Å². The fourth-order valence-electron chi connectivity index (χ4n) is 5.11. The van der Waals surface area contributed by atoms with Crippen molar-refractivity contribution in [3.05, 3.63) is 122 Å². The lowest BCUT2D eigenvalue weighted by molar-refractivity contribution is -0.141. The van der Waals surface area contributed by atoms with Crippen molar-refractivity contribution in [1.29, 1.82) is 0 Å². The highest BCUT2D eigenvalue weighted by Gasteiger charge is 2.31. The molecule has 1 heterocycles. The zero-order valence-electron chi connectivity index (χ0n) is 31.3. The zero-order chi connectivity index (χ0) is 40.7. The van der Waals surface area contributed by atoms with Gasteiger partial charge in [-0.15, -0.1) is 0 Å². The Labute approximate surface area is 326 Å². The summed E-state index contributed by atoms with van der Waals surface area (Å²) in [7, 11) is -2.32. The molecule has 0 bridgehead atoms. The Morgan fingerprint density at radius 2 is 1.05 bits per heavy atom. The smallest absolute Gasteiger partial charge is 0.326 e. The number of pyridine rings is 1. The molecule has 0 unspecified atom stereocenters. The quantitative estimate of drug-likeness (QED) is 0.126. The third-order valence-corrected chi connectivity index (χ3v) is 11.3. The number of anilines is 3. The van der Waals surface area contributed by atoms with Crippen molar-refractivity contribution in [2.24, 2.45) is 0 Å². The van der Waals surface area contributed by atoms with Gasteiger partial charge in [-0.2, -0.15) is 0 Å². The number of rotatable bonds is 16. The summed E-state index contributed by atoms with van der Waals surface area (Å²) in [6.45, 7) is 0.838. The predicted octanol–water partition coefficient (Wildman–Crippen LogP) is 5.40. The molecule has 296 valence electrons. The number of carbonyl (C=O) groups is 2. The molecule has 5 rings (SSSR count). The maximum absolute atomic E-state index is 13.4. The number of sulfonamides is 2. The minimum Gasteiger partial charge on any atom is -0.497 e. The summed E-state index contributed by atoms with van der Waals surface area (Å²) in [4.78, 5) is 28.8. The lowest BCUT2D eigenvalue weighted by Gasteiger charge is -2.26. The van der Waals surface area contributed by atoms with E-state index in [1.54, 1.807) is 79.7 Å². The molecule has 0 radical (unpaired) electrons. The molecule has 15 nitrogen and oxygen atoms in total. The van der Waals surface area contributed by atoms with Crippen LogP contribution in [0.5, 0.6) is 23.0 Å². The topological polar surface area (TPSA) is 180 Å². The normalized spacial score (nSPS) is 10.9. The second-order valence-electron chi connectivity index (χ2n) is 11.3. The van der Waals surface area contributed by atoms with Crippen LogP contribution in [0, 0.1) is 0 Å². The van der Waals surface area contributed by atoms with Crippen molar-refractivity contribution in [3.63, 3.8) is 0 Å². The van der Waals surface area contributed by atoms with Crippen molar-refractivity contribution in [2.75, 3.05) is 62.1 Å². The molecule has 0 saturated carbocycles. The Kier molecular flexibility index (Phi) is 15.0. The van der Waals surface area contributed by atoms with Crippen LogP contribution in [0.2, 0.25) is 0 Å². The first-order valence-electron chi connectivity index (χ1n) is 16.8. The average molecular weight is 807 g/mol. The molecule has 0 aliphatic carbocycles. The number of ether oxygens (including phenoxy) is 5. The summed E-state index contributed by atoms with van der Waals surface area (Å²) in [5.74, 6) is 0.232. The number of esters is 1. The lowest BCUT2D eigenvalue weighted by Crippen LogP contribution is -2.38. The van der Waals surface area contributed by atoms with Crippen LogP contribution in [-0.2, 0) is 34.4 Å². The van der Waals surface area contributed by atoms with E-state index in [4.69, 9.17) is 23.7 Å². The highest BCUT2D eigenvalue weighted by atomic mass is 32.2. The van der Waals surface area contributed by atoms with E-state index in [0.717, 1.165) is 8.61 Å². The van der Waals surface area contributed by atoms with Crippen LogP contribution < -0.4 is 32.9 Å². The van der Waals surface area contributed by atoms with Crippen molar-refractivity contribution >= 4 is 49.0 Å². The SMILES string of the molecule is CCOC(=O)CN(c1cc(OC)ccc1OC)S(=O)(=O)c1ccccc1.COc1ccc(OC)c(N(CC(=O)Nc2ccncc2)S(=O)(=O)c2ccccc2)c1. The molecule has 1 aromatic heterocycles. The maximum Gasteiger partial charge on any atom is 0.326 e. The Morgan fingerprint density at radius 3 is 1.46 bits per heavy atom. The summed E-state index contributed by atoms with van der Waals surface area (Å²) >= 11 is 0. The minimum atomic E-state index is -4.07. The summed E-state index contributed by atoms with van der Waals surface area (Å²) in [6.07, 6.45) is 3.05. The molecule has 17 heteroatoms. The van der Waals surface area contributed by atoms with E-state index in [9.17, 15) is 26.4 Å². The molecule has 1 N–H and O–H groups in total. The summed E-state index contributed by atoms with van der Waals surface area (Å²) in [6, 6.07) is 28.4. The van der Waals surface area contributed by atoms with Crippen LogP contribution in [0.3, 0.4) is 0 Å². The Balaban J connectivity index is 0.000000251. The summed E-state index contributed by atoms with van der Waals surface area (Å²) < 4.78 is 81.1. The van der Waals surface area contributed by atoms with Crippen LogP contribution >= 0.6 is 0 Å². The van der Waals surface area contributed by atoms with E-state index in [-0.39, 0.29) is 39.3 Å². The number of nitrogens with zero attached hydrogens (tertiary/aromatic N) is 3. The van der Waals surface area contributed by atoms with E-state index in [0.29, 0.717) is 17.2 Å². The number of benzene rings is 4. The standard InChI is InChI=1S/C21H21N3O5S.C18H21NO6S/c1-28-17-8-9-20(29-2)19(14-17)24(30(26,27)18-6-4-3-5-7-18)15-21(25)23-16-10-12-22-13-11-16;1-4-25-18(20)13-19(26(21,22)15-8-6-5-7-9-15)16-12-14(23-2)10-11-17(16)24-3/h3-14H,15H2,1-2H3,(H,22,23,25);5-12H,4,13H2,1-3H3. The van der Waals surface area contributed by atoms with Crippen LogP contribution in [0.4, 0.5) is 17.1 Å². The maximum atomic E-state index is 13.4. The molecule has 5 aromatic rings. The van der Waals surface area contributed by atoms with Gasteiger partial charge in [-0.1, -0.05) is 36.4 Å². The van der Waals surface area contributed by atoms with Crippen molar-refractivity contribution < 1.29 is 50.1 Å². The first kappa shape index (κ1) is 42.4. The lowest BCUT2D eigenvalue weighted by atomic mass is 10.2. The molecule has 0 atom stereocenters. The van der Waals surface area contributed by atoms with Gasteiger partial charge in [0.15, 0.2) is 0 Å². The highest BCUT2D eigenvalue weighted by Crippen LogP contribution is 2.37. The van der Waals surface area contributed by atoms with E-state index >= 15 is 0 Å². The van der Waals surface area contributed by atoms with Gasteiger partial charge in [-0.3, -0.25) is 23.2 Å². The second-order valence-corrected chi connectivity index (χ2v) is 15.0. The Morgan fingerprint density at radius 1 is 0.607 bits per heavy atom. The van der Waals surface area contributed by atoms with E-state index in [1.807, 2.05) is 0 Å². The van der Waals surface area contributed by atoms with Crippen LogP contribution in [0.15, 0.2) is 131 Å². The number of amides is 1. The third kappa shape index (κ3) is 10.7. The summed E-state index contributed by atoms with van der Waals surface area (Å²) in [5.41, 5.74) is 0.874. The van der Waals surface area contributed by atoms with Gasteiger partial charge >= 0.3 is 5.97 Å². The number of nitrogens with one attached hydrogen (secondary N) is 1. The number of aromatic nitrogens is 1. The van der Waals surface area contributed by atoms with Crippen LogP contribution in [-0.4, -0.2) is 81.8 Å². The molecule has 0 fully saturated rings. The fraction of sp³-hybridized carbons (Fsp3) is 0.205. The molecule has 1 amide bonds. The molecule has 4 aromatic carbocycles. The van der Waals surface area contributed by atoms with E-state index < -0.39 is 45.0 Å². The molecule has 56 heavy (non-hydrogen) atoms. The van der Waals surface area contributed by atoms with Crippen molar-refractivity contribution in [2.45, 2.75) is 16.7 Å². The van der Waals surface area contributed by atoms with Gasteiger partial charge in [-0.05, 0) is 67.6 Å². The van der Waals surface area contributed by atoms with Crippen LogP contribution in [0.25, 0.3) is 0 Å². The van der Waals surface area contributed by atoms with Crippen molar-refractivity contribution in [1.82, 2.24) is 4.98 Å². The highest BCUT2D eigenvalue weighted by molar-refractivity contribution is 7.93. The first-order chi connectivity index (χ1) is 26.9. The largest absolute Gasteiger partial charge is 0.497 e. The van der Waals surface area contributed by atoms with Gasteiger partial charge < -0.3 is 29.0 Å². The monoisotopic (exact) mass is 806 g/mol. The molecule has 0 aliphatic heterocycles. The van der Waals surface area contributed by atoms with Gasteiger partial charge in [0, 0.05) is 30.2 Å². The number of carbonyl (C=O) groups excluding carboxylic acids is 2. The minimum absolute atomic E-state index is 0.0478. The van der Waals surface area contributed by atoms with E-state index in [2.05, 4.69) is 10.3 Å². The van der Waals surface area contributed by atoms with Crippen molar-refractivity contribution in [3.8, 4) is 23.0 Å². The summed E-state index contributed by atoms with van der Waals surface area (Å²) in [5, 5.41) is 2.67. The third-order valence-electron chi connectivity index (χ3n) is 7.80. The predicted molar refractivity (Wildman–Crippen MR) is 211 cm³/mol. The Bertz CT molecular complexity index is 2280. The fourth-order valence-corrected chi connectivity index (χ4v) is 7.99. The van der Waals surface area contributed by atoms with Gasteiger partial charge in [0.1, 0.15) is 36.1 Å². The number of hydrogen-bond acceptors (Lipinski definition) is 12. The molecule has 0 aliphatic rings. The van der Waals surface area contributed by atoms with Gasteiger partial charge in [-0.25, -0.2) is 16.8 Å². The molecule has 0 saturated heterocycles. The van der Waals surface area contributed by atoms with Crippen LogP contribution in [0.1, 0.15) is 6.92 Å². The second kappa shape index (κ2) is 19.8. The number of hydrogen-bond donors (Lipinski definition) is 1. The van der Waals surface area contributed by atoms with Gasteiger partial charge in [0.05, 0.1) is 56.2 Å². The zero-order valence-corrected chi connectivity index (χ0v) is 33.0. The first-order valence-corrected chi connectivity index (χ1v) is 19.7. The molecular formula is C39H42N4O11S2. The van der Waals surface area contributed by atoms with Gasteiger partial charge in [0.2, 0.25) is 5.91 Å². The average Bonchev–Trinajstić information content (AvgIpc) is 3.22. The molecular weight excluding hydrogens is 765 g/mol. The number of methoxy groups -OCH3 is 4. The van der Waals surface area contributed by atoms with E-state index in [1.165, 1.54) is 77.2 Å².